The van der Waals surface area contributed by atoms with Crippen LogP contribution in [0.25, 0.3) is 11.3 Å². The molecule has 0 bridgehead atoms. The van der Waals surface area contributed by atoms with Crippen molar-refractivity contribution >= 4 is 17.5 Å². The van der Waals surface area contributed by atoms with Crippen LogP contribution in [-0.2, 0) is 26.1 Å². The molecule has 0 fully saturated rings. The van der Waals surface area contributed by atoms with Gasteiger partial charge in [-0.05, 0) is 60.2 Å². The highest BCUT2D eigenvalue weighted by molar-refractivity contribution is 6.33. The molecule has 212 valence electrons. The van der Waals surface area contributed by atoms with E-state index >= 15 is 0 Å². The average Bonchev–Trinajstić information content (AvgIpc) is 3.48. The van der Waals surface area contributed by atoms with Gasteiger partial charge in [0.25, 0.3) is 5.91 Å². The number of benzene rings is 2. The summed E-state index contributed by atoms with van der Waals surface area (Å²) in [5, 5.41) is 3.28. The number of pyridine rings is 2. The predicted molar refractivity (Wildman–Crippen MR) is 160 cm³/mol. The second-order valence-corrected chi connectivity index (χ2v) is 10.9. The molecule has 0 aliphatic heterocycles. The van der Waals surface area contributed by atoms with Crippen LogP contribution >= 0.6 is 11.6 Å². The van der Waals surface area contributed by atoms with E-state index in [4.69, 9.17) is 21.6 Å². The van der Waals surface area contributed by atoms with Crippen LogP contribution in [0.5, 0.6) is 0 Å². The van der Waals surface area contributed by atoms with Gasteiger partial charge in [-0.1, -0.05) is 54.1 Å². The zero-order chi connectivity index (χ0) is 28.9. The molecule has 5 aromatic rings. The van der Waals surface area contributed by atoms with Gasteiger partial charge in [-0.3, -0.25) is 19.7 Å². The van der Waals surface area contributed by atoms with E-state index < -0.39 is 0 Å². The molecule has 0 saturated heterocycles. The quantitative estimate of drug-likeness (QED) is 0.203. The smallest absolute Gasteiger partial charge is 0.253 e. The van der Waals surface area contributed by atoms with Crippen LogP contribution in [-0.4, -0.2) is 30.7 Å². The number of hydrogen-bond acceptors (Lipinski definition) is 5. The number of amides is 1. The Balaban J connectivity index is 1.23. The maximum absolute atomic E-state index is 13.8. The Kier molecular flexibility index (Phi) is 8.35. The van der Waals surface area contributed by atoms with Crippen molar-refractivity contribution in [2.45, 2.75) is 44.9 Å². The maximum Gasteiger partial charge on any atom is 0.253 e. The first-order chi connectivity index (χ1) is 20.5. The maximum atomic E-state index is 13.8. The Morgan fingerprint density at radius 2 is 1.93 bits per heavy atom. The van der Waals surface area contributed by atoms with Crippen LogP contribution < -0.4 is 5.32 Å². The molecule has 1 aliphatic rings. The van der Waals surface area contributed by atoms with Crippen LogP contribution in [0.15, 0.2) is 91.5 Å². The summed E-state index contributed by atoms with van der Waals surface area (Å²) in [7, 11) is 0. The third-order valence-electron chi connectivity index (χ3n) is 7.56. The summed E-state index contributed by atoms with van der Waals surface area (Å²) in [6, 6.07) is 20.6. The number of fused-ring (bicyclic) bond motifs is 1. The second kappa shape index (κ2) is 12.6. The molecule has 7 nitrogen and oxygen atoms in total. The fraction of sp³-hybridized carbons (Fsp3) is 0.212. The van der Waals surface area contributed by atoms with Crippen molar-refractivity contribution in [2.75, 3.05) is 0 Å². The Hall–Kier alpha value is -4.40. The highest BCUT2D eigenvalue weighted by Gasteiger charge is 2.28. The number of aryl methyl sites for hydroxylation is 1. The van der Waals surface area contributed by atoms with Gasteiger partial charge in [0.1, 0.15) is 11.6 Å². The number of imidazole rings is 1. The molecule has 6 rings (SSSR count). The normalized spacial score (nSPS) is 14.5. The molecule has 2 N–H and O–H groups in total. The Bertz CT molecular complexity index is 1710. The van der Waals surface area contributed by atoms with Crippen molar-refractivity contribution < 1.29 is 9.18 Å². The number of aromatic nitrogens is 4. The van der Waals surface area contributed by atoms with Crippen molar-refractivity contribution in [3.05, 3.63) is 136 Å². The van der Waals surface area contributed by atoms with Gasteiger partial charge < -0.3 is 10.3 Å². The van der Waals surface area contributed by atoms with Crippen molar-refractivity contribution in [2.24, 2.45) is 0 Å². The number of nitrogens with zero attached hydrogens (tertiary/aromatic N) is 4. The van der Waals surface area contributed by atoms with Crippen LogP contribution in [0.3, 0.4) is 0 Å². The first-order valence-electron chi connectivity index (χ1n) is 14.0. The van der Waals surface area contributed by atoms with Crippen LogP contribution in [0.1, 0.15) is 57.5 Å². The summed E-state index contributed by atoms with van der Waals surface area (Å²) < 4.78 is 13.8. The van der Waals surface area contributed by atoms with E-state index in [0.29, 0.717) is 35.9 Å². The van der Waals surface area contributed by atoms with Gasteiger partial charge in [0.05, 0.1) is 34.6 Å². The first kappa shape index (κ1) is 27.8. The standard InChI is InChI=1S/C33H30ClFN6O/c34-28-18-36-14-12-27(28)33(42)39-17-22-5-1-6-23(15-22)20-41(30-11-3-7-24-9-4-13-37-32(24)30)21-31-38-19-29(40-31)25-8-2-10-26(35)16-25/h1-2,4-6,8-10,12-16,18-19,30H,3,7,11,17,20-21H2,(H,38,40)(H,39,42). The van der Waals surface area contributed by atoms with Crippen molar-refractivity contribution in [1.29, 1.82) is 0 Å². The van der Waals surface area contributed by atoms with Gasteiger partial charge in [0.15, 0.2) is 0 Å². The summed E-state index contributed by atoms with van der Waals surface area (Å²) in [5.74, 6) is 0.268. The minimum atomic E-state index is -0.288. The zero-order valence-electron chi connectivity index (χ0n) is 22.9. The van der Waals surface area contributed by atoms with Gasteiger partial charge in [-0.15, -0.1) is 0 Å². The number of H-pyrrole nitrogens is 1. The molecular formula is C33H30ClFN6O. The molecule has 0 saturated carbocycles. The van der Waals surface area contributed by atoms with E-state index in [2.05, 4.69) is 38.4 Å². The summed E-state index contributed by atoms with van der Waals surface area (Å²) in [6.45, 7) is 1.60. The fourth-order valence-electron chi connectivity index (χ4n) is 5.56. The molecule has 2 aromatic carbocycles. The number of hydrogen-bond donors (Lipinski definition) is 2. The fourth-order valence-corrected chi connectivity index (χ4v) is 5.76. The summed E-state index contributed by atoms with van der Waals surface area (Å²) >= 11 is 6.14. The van der Waals surface area contributed by atoms with Crippen molar-refractivity contribution in [1.82, 2.24) is 30.2 Å². The molecular weight excluding hydrogens is 551 g/mol. The topological polar surface area (TPSA) is 86.8 Å². The van der Waals surface area contributed by atoms with Gasteiger partial charge in [0.2, 0.25) is 0 Å². The van der Waals surface area contributed by atoms with Crippen molar-refractivity contribution in [3.63, 3.8) is 0 Å². The van der Waals surface area contributed by atoms with Gasteiger partial charge in [-0.2, -0.15) is 0 Å². The monoisotopic (exact) mass is 580 g/mol. The number of carbonyl (C=O) groups excluding carboxylic acids is 1. The minimum absolute atomic E-state index is 0.120. The van der Waals surface area contributed by atoms with Crippen LogP contribution in [0.4, 0.5) is 4.39 Å². The molecule has 1 aliphatic carbocycles. The second-order valence-electron chi connectivity index (χ2n) is 10.5. The van der Waals surface area contributed by atoms with Gasteiger partial charge in [0, 0.05) is 43.4 Å². The molecule has 1 amide bonds. The summed E-state index contributed by atoms with van der Waals surface area (Å²) in [4.78, 5) is 31.9. The lowest BCUT2D eigenvalue weighted by Gasteiger charge is -2.34. The van der Waals surface area contributed by atoms with E-state index in [-0.39, 0.29) is 17.8 Å². The number of rotatable bonds is 9. The lowest BCUT2D eigenvalue weighted by atomic mass is 9.90. The van der Waals surface area contributed by atoms with Crippen molar-refractivity contribution in [3.8, 4) is 11.3 Å². The molecule has 1 atom stereocenters. The number of carbonyl (C=O) groups is 1. The van der Waals surface area contributed by atoms with Gasteiger partial charge in [-0.25, -0.2) is 9.37 Å². The first-order valence-corrected chi connectivity index (χ1v) is 14.3. The van der Waals surface area contributed by atoms with E-state index in [0.717, 1.165) is 47.5 Å². The lowest BCUT2D eigenvalue weighted by Crippen LogP contribution is -2.32. The van der Waals surface area contributed by atoms with Crippen LogP contribution in [0.2, 0.25) is 5.02 Å². The largest absolute Gasteiger partial charge is 0.348 e. The predicted octanol–water partition coefficient (Wildman–Crippen LogP) is 6.67. The number of halogens is 2. The molecule has 0 spiro atoms. The number of nitrogens with one attached hydrogen (secondary N) is 2. The van der Waals surface area contributed by atoms with E-state index in [1.54, 1.807) is 18.3 Å². The third-order valence-corrected chi connectivity index (χ3v) is 7.86. The SMILES string of the molecule is O=C(NCc1cccc(CN(Cc2nc(-c3cccc(F)c3)c[nH]2)C2CCCc3cccnc32)c1)c1ccncc1Cl. The molecule has 0 radical (unpaired) electrons. The molecule has 3 heterocycles. The molecule has 42 heavy (non-hydrogen) atoms. The zero-order valence-corrected chi connectivity index (χ0v) is 23.7. The Morgan fingerprint density at radius 3 is 2.81 bits per heavy atom. The Labute approximate surface area is 248 Å². The number of aromatic amines is 1. The average molecular weight is 581 g/mol. The minimum Gasteiger partial charge on any atom is -0.348 e. The van der Waals surface area contributed by atoms with Gasteiger partial charge >= 0.3 is 0 Å². The van der Waals surface area contributed by atoms with E-state index in [9.17, 15) is 9.18 Å². The third kappa shape index (κ3) is 6.40. The molecule has 3 aromatic heterocycles. The van der Waals surface area contributed by atoms with E-state index in [1.807, 2.05) is 36.7 Å². The van der Waals surface area contributed by atoms with E-state index in [1.165, 1.54) is 23.9 Å². The highest BCUT2D eigenvalue weighted by atomic mass is 35.5. The summed E-state index contributed by atoms with van der Waals surface area (Å²) in [6.07, 6.45) is 9.80. The Morgan fingerprint density at radius 1 is 1.05 bits per heavy atom. The molecule has 9 heteroatoms. The summed E-state index contributed by atoms with van der Waals surface area (Å²) in [5.41, 5.74) is 6.33. The van der Waals surface area contributed by atoms with Crippen LogP contribution in [0, 0.1) is 5.82 Å². The highest BCUT2D eigenvalue weighted by Crippen LogP contribution is 2.35. The molecule has 1 unspecified atom stereocenters. The lowest BCUT2D eigenvalue weighted by molar-refractivity contribution is 0.0951.